The maximum Gasteiger partial charge on any atom is 0.241 e. The van der Waals surface area contributed by atoms with E-state index >= 15 is 0 Å². The van der Waals surface area contributed by atoms with Crippen molar-refractivity contribution in [2.24, 2.45) is 0 Å². The van der Waals surface area contributed by atoms with E-state index in [4.69, 9.17) is 0 Å². The minimum Gasteiger partial charge on any atom is -0.308 e. The summed E-state index contributed by atoms with van der Waals surface area (Å²) < 4.78 is 27.9. The van der Waals surface area contributed by atoms with E-state index in [0.29, 0.717) is 11.4 Å². The number of halogens is 1. The predicted octanol–water partition coefficient (Wildman–Crippen LogP) is 1.99. The van der Waals surface area contributed by atoms with Gasteiger partial charge in [0.15, 0.2) is 0 Å². The van der Waals surface area contributed by atoms with Gasteiger partial charge in [-0.25, -0.2) is 13.1 Å². The molecule has 1 rings (SSSR count). The highest BCUT2D eigenvalue weighted by Crippen LogP contribution is 2.20. The van der Waals surface area contributed by atoms with Crippen molar-refractivity contribution in [2.45, 2.75) is 24.8 Å². The van der Waals surface area contributed by atoms with Crippen molar-refractivity contribution in [1.29, 1.82) is 0 Å². The van der Waals surface area contributed by atoms with Crippen molar-refractivity contribution in [3.8, 4) is 0 Å². The molecule has 0 aliphatic rings. The number of nitrogens with zero attached hydrogens (tertiary/aromatic N) is 1. The summed E-state index contributed by atoms with van der Waals surface area (Å²) in [6.07, 6.45) is 0. The fraction of sp³-hybridized carbons (Fsp3) is 0.500. The maximum atomic E-state index is 12.2. The van der Waals surface area contributed by atoms with Crippen LogP contribution < -0.4 is 4.72 Å². The molecular formula is C12H19BrN2O2S. The van der Waals surface area contributed by atoms with Gasteiger partial charge in [0.05, 0.1) is 4.90 Å². The summed E-state index contributed by atoms with van der Waals surface area (Å²) in [7, 11) is 0.359. The SMILES string of the molecule is Cc1ccc(Br)cc1S(=O)(=O)NC(C)CN(C)C. The molecule has 1 unspecified atom stereocenters. The average Bonchev–Trinajstić information content (AvgIpc) is 2.19. The van der Waals surface area contributed by atoms with Crippen LogP contribution in [-0.4, -0.2) is 40.0 Å². The Bertz CT molecular complexity index is 515. The topological polar surface area (TPSA) is 49.4 Å². The molecule has 0 fully saturated rings. The van der Waals surface area contributed by atoms with E-state index in [9.17, 15) is 8.42 Å². The van der Waals surface area contributed by atoms with Gasteiger partial charge in [0, 0.05) is 17.1 Å². The monoisotopic (exact) mass is 334 g/mol. The summed E-state index contributed by atoms with van der Waals surface area (Å²) in [5, 5.41) is 0. The van der Waals surface area contributed by atoms with E-state index in [1.807, 2.05) is 32.0 Å². The Hall–Kier alpha value is -0.430. The van der Waals surface area contributed by atoms with Gasteiger partial charge in [0.25, 0.3) is 0 Å². The number of hydrogen-bond acceptors (Lipinski definition) is 3. The Balaban J connectivity index is 2.96. The standard InChI is InChI=1S/C12H19BrN2O2S/c1-9-5-6-11(13)7-12(9)18(16,17)14-10(2)8-15(3)4/h5-7,10,14H,8H2,1-4H3. The predicted molar refractivity (Wildman–Crippen MR) is 77.2 cm³/mol. The van der Waals surface area contributed by atoms with E-state index in [-0.39, 0.29) is 6.04 Å². The normalized spacial score (nSPS) is 13.9. The number of nitrogens with one attached hydrogen (secondary N) is 1. The Morgan fingerprint density at radius 3 is 2.56 bits per heavy atom. The summed E-state index contributed by atoms with van der Waals surface area (Å²) in [5.74, 6) is 0. The van der Waals surface area contributed by atoms with Gasteiger partial charge in [-0.15, -0.1) is 0 Å². The number of benzene rings is 1. The molecule has 0 spiro atoms. The van der Waals surface area contributed by atoms with E-state index in [0.717, 1.165) is 10.0 Å². The molecule has 0 bridgehead atoms. The zero-order valence-electron chi connectivity index (χ0n) is 11.1. The Morgan fingerprint density at radius 2 is 2.00 bits per heavy atom. The Kier molecular flexibility index (Phi) is 5.33. The number of aryl methyl sites for hydroxylation is 1. The molecule has 0 aliphatic carbocycles. The van der Waals surface area contributed by atoms with Gasteiger partial charge < -0.3 is 4.90 Å². The van der Waals surface area contributed by atoms with Crippen molar-refractivity contribution < 1.29 is 8.42 Å². The van der Waals surface area contributed by atoms with Crippen LogP contribution >= 0.6 is 15.9 Å². The lowest BCUT2D eigenvalue weighted by atomic mass is 10.2. The van der Waals surface area contributed by atoms with E-state index < -0.39 is 10.0 Å². The first kappa shape index (κ1) is 15.6. The molecule has 18 heavy (non-hydrogen) atoms. The molecule has 0 radical (unpaired) electrons. The highest BCUT2D eigenvalue weighted by Gasteiger charge is 2.19. The quantitative estimate of drug-likeness (QED) is 0.895. The molecule has 1 aromatic carbocycles. The van der Waals surface area contributed by atoms with Crippen LogP contribution in [0.1, 0.15) is 12.5 Å². The van der Waals surface area contributed by atoms with Gasteiger partial charge in [-0.05, 0) is 45.6 Å². The van der Waals surface area contributed by atoms with Gasteiger partial charge in [-0.1, -0.05) is 22.0 Å². The van der Waals surface area contributed by atoms with Gasteiger partial charge >= 0.3 is 0 Å². The van der Waals surface area contributed by atoms with Crippen molar-refractivity contribution in [3.05, 3.63) is 28.2 Å². The van der Waals surface area contributed by atoms with Crippen molar-refractivity contribution in [1.82, 2.24) is 9.62 Å². The minimum atomic E-state index is -3.46. The second-order valence-electron chi connectivity index (χ2n) is 4.69. The summed E-state index contributed by atoms with van der Waals surface area (Å²) in [6.45, 7) is 4.30. The molecule has 0 aliphatic heterocycles. The average molecular weight is 335 g/mol. The second-order valence-corrected chi connectivity index (χ2v) is 7.29. The van der Waals surface area contributed by atoms with Gasteiger partial charge in [-0.2, -0.15) is 0 Å². The lowest BCUT2D eigenvalue weighted by Gasteiger charge is -2.19. The molecule has 0 heterocycles. The van der Waals surface area contributed by atoms with Crippen molar-refractivity contribution >= 4 is 26.0 Å². The summed E-state index contributed by atoms with van der Waals surface area (Å²) >= 11 is 3.29. The van der Waals surface area contributed by atoms with Crippen LogP contribution in [0.15, 0.2) is 27.6 Å². The zero-order valence-corrected chi connectivity index (χ0v) is 13.5. The Labute approximate surface area is 118 Å². The first-order valence-electron chi connectivity index (χ1n) is 5.65. The molecule has 0 saturated carbocycles. The minimum absolute atomic E-state index is 0.136. The van der Waals surface area contributed by atoms with Crippen LogP contribution in [-0.2, 0) is 10.0 Å². The number of rotatable bonds is 5. The molecule has 102 valence electrons. The summed E-state index contributed by atoms with van der Waals surface area (Å²) in [5.41, 5.74) is 0.739. The third kappa shape index (κ3) is 4.35. The smallest absolute Gasteiger partial charge is 0.241 e. The van der Waals surface area contributed by atoms with Crippen LogP contribution in [0.3, 0.4) is 0 Å². The lowest BCUT2D eigenvalue weighted by Crippen LogP contribution is -2.39. The molecule has 0 amide bonds. The van der Waals surface area contributed by atoms with Crippen LogP contribution in [0, 0.1) is 6.92 Å². The first-order chi connectivity index (χ1) is 8.22. The van der Waals surface area contributed by atoms with E-state index in [1.54, 1.807) is 19.1 Å². The molecule has 1 aromatic rings. The number of sulfonamides is 1. The van der Waals surface area contributed by atoms with E-state index in [2.05, 4.69) is 20.7 Å². The lowest BCUT2D eigenvalue weighted by molar-refractivity contribution is 0.370. The van der Waals surface area contributed by atoms with Gasteiger partial charge in [0.2, 0.25) is 10.0 Å². The fourth-order valence-electron chi connectivity index (χ4n) is 1.78. The summed E-state index contributed by atoms with van der Waals surface area (Å²) in [4.78, 5) is 2.27. The molecule has 0 aromatic heterocycles. The Morgan fingerprint density at radius 1 is 1.39 bits per heavy atom. The van der Waals surface area contributed by atoms with Gasteiger partial charge in [-0.3, -0.25) is 0 Å². The number of likely N-dealkylation sites (N-methyl/N-ethyl adjacent to an activating group) is 1. The molecule has 1 atom stereocenters. The van der Waals surface area contributed by atoms with Crippen LogP contribution in [0.5, 0.6) is 0 Å². The maximum absolute atomic E-state index is 12.2. The zero-order chi connectivity index (χ0) is 13.9. The third-order valence-corrected chi connectivity index (χ3v) is 4.66. The second kappa shape index (κ2) is 6.14. The van der Waals surface area contributed by atoms with Crippen molar-refractivity contribution in [3.63, 3.8) is 0 Å². The van der Waals surface area contributed by atoms with Crippen LogP contribution in [0.25, 0.3) is 0 Å². The fourth-order valence-corrected chi connectivity index (χ4v) is 3.79. The summed E-state index contributed by atoms with van der Waals surface area (Å²) in [6, 6.07) is 5.11. The first-order valence-corrected chi connectivity index (χ1v) is 7.93. The van der Waals surface area contributed by atoms with E-state index in [1.165, 1.54) is 0 Å². The molecule has 1 N–H and O–H groups in total. The van der Waals surface area contributed by atoms with Gasteiger partial charge in [0.1, 0.15) is 0 Å². The molecular weight excluding hydrogens is 316 g/mol. The highest BCUT2D eigenvalue weighted by atomic mass is 79.9. The van der Waals surface area contributed by atoms with Crippen molar-refractivity contribution in [2.75, 3.05) is 20.6 Å². The highest BCUT2D eigenvalue weighted by molar-refractivity contribution is 9.10. The molecule has 0 saturated heterocycles. The molecule has 4 nitrogen and oxygen atoms in total. The largest absolute Gasteiger partial charge is 0.308 e. The number of hydrogen-bond donors (Lipinski definition) is 1. The third-order valence-electron chi connectivity index (χ3n) is 2.44. The molecule has 6 heteroatoms. The van der Waals surface area contributed by atoms with Crippen LogP contribution in [0.2, 0.25) is 0 Å². The van der Waals surface area contributed by atoms with Crippen LogP contribution in [0.4, 0.5) is 0 Å².